The molecule has 0 aliphatic carbocycles. The zero-order valence-electron chi connectivity index (χ0n) is 29.5. The molecular formula is C52H30O2S. The zero-order valence-corrected chi connectivity index (χ0v) is 30.4. The highest BCUT2D eigenvalue weighted by atomic mass is 32.1. The normalized spacial score (nSPS) is 12.0. The molecule has 0 N–H and O–H groups in total. The molecule has 0 atom stereocenters. The van der Waals surface area contributed by atoms with Gasteiger partial charge in [0.05, 0.1) is 0 Å². The van der Waals surface area contributed by atoms with Gasteiger partial charge in [0, 0.05) is 37.2 Å². The second-order valence-corrected chi connectivity index (χ2v) is 15.3. The van der Waals surface area contributed by atoms with Crippen LogP contribution in [0.4, 0.5) is 0 Å². The van der Waals surface area contributed by atoms with E-state index in [1.807, 2.05) is 12.1 Å². The fourth-order valence-corrected chi connectivity index (χ4v) is 9.74. The quantitative estimate of drug-likeness (QED) is 0.169. The van der Waals surface area contributed by atoms with E-state index in [-0.39, 0.29) is 0 Å². The second-order valence-electron chi connectivity index (χ2n) is 14.4. The molecule has 0 aliphatic heterocycles. The Balaban J connectivity index is 1.32. The molecule has 55 heavy (non-hydrogen) atoms. The van der Waals surface area contributed by atoms with E-state index in [4.69, 9.17) is 8.83 Å². The van der Waals surface area contributed by atoms with Crippen molar-refractivity contribution in [3.8, 4) is 44.5 Å². The van der Waals surface area contributed by atoms with Crippen LogP contribution in [-0.4, -0.2) is 0 Å². The summed E-state index contributed by atoms with van der Waals surface area (Å²) < 4.78 is 14.5. The van der Waals surface area contributed by atoms with E-state index in [0.29, 0.717) is 0 Å². The number of benzene rings is 9. The van der Waals surface area contributed by atoms with Crippen molar-refractivity contribution in [3.05, 3.63) is 181 Å². The van der Waals surface area contributed by atoms with E-state index in [0.717, 1.165) is 60.2 Å². The van der Waals surface area contributed by atoms with Crippen molar-refractivity contribution in [1.82, 2.24) is 0 Å². The van der Waals surface area contributed by atoms with Gasteiger partial charge in [-0.15, -0.1) is 11.3 Å². The number of hydrogen-bond donors (Lipinski definition) is 0. The number of furan rings is 2. The molecule has 0 fully saturated rings. The third-order valence-electron chi connectivity index (χ3n) is 11.3. The first-order chi connectivity index (χ1) is 27.2. The molecule has 9 aromatic carbocycles. The Morgan fingerprint density at radius 2 is 0.764 bits per heavy atom. The van der Waals surface area contributed by atoms with Crippen LogP contribution in [0.5, 0.6) is 0 Å². The summed E-state index contributed by atoms with van der Waals surface area (Å²) in [5, 5.41) is 12.7. The zero-order chi connectivity index (χ0) is 36.0. The molecule has 0 radical (unpaired) electrons. The molecular weight excluding hydrogens is 689 g/mol. The lowest BCUT2D eigenvalue weighted by molar-refractivity contribution is 0.669. The summed E-state index contributed by atoms with van der Waals surface area (Å²) in [7, 11) is 0. The lowest BCUT2D eigenvalue weighted by Crippen LogP contribution is -1.93. The maximum atomic E-state index is 6.64. The first kappa shape index (κ1) is 30.5. The predicted octanol–water partition coefficient (Wildman–Crippen LogP) is 15.7. The predicted molar refractivity (Wildman–Crippen MR) is 233 cm³/mol. The molecule has 2 nitrogen and oxygen atoms in total. The van der Waals surface area contributed by atoms with Gasteiger partial charge in [0.15, 0.2) is 0 Å². The van der Waals surface area contributed by atoms with Crippen LogP contribution in [0.15, 0.2) is 190 Å². The molecule has 3 aromatic heterocycles. The van der Waals surface area contributed by atoms with Crippen LogP contribution in [0, 0.1) is 0 Å². The van der Waals surface area contributed by atoms with Gasteiger partial charge in [0.2, 0.25) is 0 Å². The van der Waals surface area contributed by atoms with Crippen molar-refractivity contribution < 1.29 is 8.83 Å². The minimum absolute atomic E-state index is 0.878. The topological polar surface area (TPSA) is 26.3 Å². The average molecular weight is 719 g/mol. The van der Waals surface area contributed by atoms with Crippen LogP contribution in [-0.2, 0) is 0 Å². The van der Waals surface area contributed by atoms with Crippen LogP contribution in [0.1, 0.15) is 0 Å². The second kappa shape index (κ2) is 11.8. The standard InChI is InChI=1S/C52H30O2S/c1-3-13-31(14-4-1)33-23-34(32-15-5-2-6-16-32)25-35(24-33)51-44-29-49-41(36-17-7-10-20-46(36)54-49)26-39(44)40-28-48-42(37-18-8-11-21-47(37)53-48)27-43(40)52(51)45-30-55-50-22-12-9-19-38(45)50/h1-30H. The van der Waals surface area contributed by atoms with Crippen LogP contribution in [0.25, 0.3) is 120 Å². The van der Waals surface area contributed by atoms with Gasteiger partial charge in [-0.2, -0.15) is 0 Å². The van der Waals surface area contributed by atoms with Crippen molar-refractivity contribution >= 4 is 86.8 Å². The molecule has 0 amide bonds. The van der Waals surface area contributed by atoms with E-state index in [1.54, 1.807) is 11.3 Å². The maximum Gasteiger partial charge on any atom is 0.136 e. The van der Waals surface area contributed by atoms with Gasteiger partial charge >= 0.3 is 0 Å². The Labute approximate surface area is 320 Å². The van der Waals surface area contributed by atoms with Gasteiger partial charge in [-0.3, -0.25) is 0 Å². The van der Waals surface area contributed by atoms with Crippen molar-refractivity contribution in [2.24, 2.45) is 0 Å². The Morgan fingerprint density at radius 1 is 0.291 bits per heavy atom. The highest BCUT2D eigenvalue weighted by molar-refractivity contribution is 7.17. The molecule has 3 heteroatoms. The lowest BCUT2D eigenvalue weighted by Gasteiger charge is -2.20. The highest BCUT2D eigenvalue weighted by Crippen LogP contribution is 2.51. The van der Waals surface area contributed by atoms with E-state index < -0.39 is 0 Å². The summed E-state index contributed by atoms with van der Waals surface area (Å²) in [6, 6.07) is 63.4. The first-order valence-electron chi connectivity index (χ1n) is 18.6. The summed E-state index contributed by atoms with van der Waals surface area (Å²) >= 11 is 1.80. The van der Waals surface area contributed by atoms with Crippen LogP contribution in [0.3, 0.4) is 0 Å². The number of para-hydroxylation sites is 2. The molecule has 3 heterocycles. The SMILES string of the molecule is c1ccc(-c2cc(-c3ccccc3)cc(-c3c(-c4csc5ccccc45)c4cc5c(cc4c4cc6c(cc34)oc3ccccc36)oc3ccccc35)c2)cc1. The average Bonchev–Trinajstić information content (AvgIpc) is 3.95. The van der Waals surface area contributed by atoms with E-state index >= 15 is 0 Å². The van der Waals surface area contributed by atoms with Crippen LogP contribution < -0.4 is 0 Å². The van der Waals surface area contributed by atoms with Crippen molar-refractivity contribution in [2.45, 2.75) is 0 Å². The fraction of sp³-hybridized carbons (Fsp3) is 0. The molecule has 0 aliphatic rings. The molecule has 256 valence electrons. The maximum absolute atomic E-state index is 6.64. The fourth-order valence-electron chi connectivity index (χ4n) is 8.79. The molecule has 0 unspecified atom stereocenters. The number of thiophene rings is 1. The number of hydrogen-bond acceptors (Lipinski definition) is 3. The first-order valence-corrected chi connectivity index (χ1v) is 19.5. The monoisotopic (exact) mass is 718 g/mol. The molecule has 12 rings (SSSR count). The van der Waals surface area contributed by atoms with Gasteiger partial charge in [0.1, 0.15) is 22.3 Å². The van der Waals surface area contributed by atoms with Crippen molar-refractivity contribution in [3.63, 3.8) is 0 Å². The van der Waals surface area contributed by atoms with Gasteiger partial charge in [-0.1, -0.05) is 115 Å². The summed E-state index contributed by atoms with van der Waals surface area (Å²) in [5.41, 5.74) is 13.0. The van der Waals surface area contributed by atoms with Crippen LogP contribution >= 0.6 is 11.3 Å². The van der Waals surface area contributed by atoms with Gasteiger partial charge in [-0.05, 0) is 127 Å². The molecule has 0 bridgehead atoms. The molecule has 12 aromatic rings. The third-order valence-corrected chi connectivity index (χ3v) is 12.3. The van der Waals surface area contributed by atoms with Gasteiger partial charge in [0.25, 0.3) is 0 Å². The minimum atomic E-state index is 0.878. The molecule has 0 spiro atoms. The lowest BCUT2D eigenvalue weighted by atomic mass is 9.82. The smallest absolute Gasteiger partial charge is 0.136 e. The largest absolute Gasteiger partial charge is 0.456 e. The van der Waals surface area contributed by atoms with Crippen LogP contribution in [0.2, 0.25) is 0 Å². The summed E-state index contributed by atoms with van der Waals surface area (Å²) in [6.07, 6.45) is 0. The summed E-state index contributed by atoms with van der Waals surface area (Å²) in [5.74, 6) is 0. The minimum Gasteiger partial charge on any atom is -0.456 e. The molecule has 0 saturated carbocycles. The van der Waals surface area contributed by atoms with Crippen molar-refractivity contribution in [1.29, 1.82) is 0 Å². The summed E-state index contributed by atoms with van der Waals surface area (Å²) in [4.78, 5) is 0. The van der Waals surface area contributed by atoms with Crippen molar-refractivity contribution in [2.75, 3.05) is 0 Å². The van der Waals surface area contributed by atoms with Gasteiger partial charge < -0.3 is 8.83 Å². The van der Waals surface area contributed by atoms with E-state index in [2.05, 4.69) is 169 Å². The summed E-state index contributed by atoms with van der Waals surface area (Å²) in [6.45, 7) is 0. The highest BCUT2D eigenvalue weighted by Gasteiger charge is 2.24. The van der Waals surface area contributed by atoms with E-state index in [1.165, 1.54) is 59.8 Å². The Morgan fingerprint density at radius 3 is 1.40 bits per heavy atom. The Hall–Kier alpha value is -6.94. The number of fused-ring (bicyclic) bond motifs is 10. The third kappa shape index (κ3) is 4.67. The number of rotatable bonds is 4. The Bertz CT molecular complexity index is 3420. The van der Waals surface area contributed by atoms with E-state index in [9.17, 15) is 0 Å². The van der Waals surface area contributed by atoms with Gasteiger partial charge in [-0.25, -0.2) is 0 Å². The Kier molecular flexibility index (Phi) is 6.54. The molecule has 0 saturated heterocycles.